The second-order valence-electron chi connectivity index (χ2n) is 5.08. The predicted octanol–water partition coefficient (Wildman–Crippen LogP) is 1.52. The van der Waals surface area contributed by atoms with E-state index in [1.165, 1.54) is 11.0 Å². The fourth-order valence-electron chi connectivity index (χ4n) is 2.22. The zero-order valence-corrected chi connectivity index (χ0v) is 12.0. The molecule has 0 aliphatic heterocycles. The van der Waals surface area contributed by atoms with Crippen LogP contribution in [0.4, 0.5) is 0 Å². The highest BCUT2D eigenvalue weighted by molar-refractivity contribution is 5.92. The first kappa shape index (κ1) is 13.8. The molecule has 2 aromatic rings. The summed E-state index contributed by atoms with van der Waals surface area (Å²) in [6.45, 7) is 1.13. The van der Waals surface area contributed by atoms with Crippen LogP contribution in [-0.2, 0) is 4.74 Å². The van der Waals surface area contributed by atoms with Crippen LogP contribution >= 0.6 is 0 Å². The van der Waals surface area contributed by atoms with Crippen molar-refractivity contribution in [2.45, 2.75) is 18.9 Å². The minimum atomic E-state index is -0.0725. The lowest BCUT2D eigenvalue weighted by Crippen LogP contribution is -2.36. The Kier molecular flexibility index (Phi) is 3.96. The highest BCUT2D eigenvalue weighted by Gasteiger charge is 2.33. The lowest BCUT2D eigenvalue weighted by molar-refractivity contribution is 0.0674. The van der Waals surface area contributed by atoms with Crippen LogP contribution < -0.4 is 0 Å². The number of carbonyl (C=O) groups is 1. The Morgan fingerprint density at radius 2 is 2.14 bits per heavy atom. The van der Waals surface area contributed by atoms with E-state index in [2.05, 4.69) is 10.2 Å². The van der Waals surface area contributed by atoms with Gasteiger partial charge in [0.05, 0.1) is 18.5 Å². The molecule has 1 fully saturated rings. The van der Waals surface area contributed by atoms with Gasteiger partial charge in [-0.15, -0.1) is 5.10 Å². The normalized spacial score (nSPS) is 14.1. The third kappa shape index (κ3) is 3.11. The average Bonchev–Trinajstić information content (AvgIpc) is 3.24. The first-order valence-corrected chi connectivity index (χ1v) is 7.07. The van der Waals surface area contributed by atoms with Crippen LogP contribution in [0.1, 0.15) is 23.3 Å². The second kappa shape index (κ2) is 6.05. The van der Waals surface area contributed by atoms with Gasteiger partial charge in [-0.2, -0.15) is 9.90 Å². The van der Waals surface area contributed by atoms with Crippen molar-refractivity contribution in [1.29, 1.82) is 0 Å². The molecule has 0 spiro atoms. The number of hydrogen-bond acceptors (Lipinski definition) is 4. The molecular weight excluding hydrogens is 268 g/mol. The van der Waals surface area contributed by atoms with E-state index < -0.39 is 0 Å². The molecule has 0 bridgehead atoms. The molecule has 0 radical (unpaired) electrons. The maximum atomic E-state index is 12.5. The summed E-state index contributed by atoms with van der Waals surface area (Å²) < 4.78 is 5.08. The van der Waals surface area contributed by atoms with Gasteiger partial charge in [0, 0.05) is 19.7 Å². The summed E-state index contributed by atoms with van der Waals surface area (Å²) in [5.74, 6) is -0.0725. The summed E-state index contributed by atoms with van der Waals surface area (Å²) in [5, 5.41) is 8.47. The number of aromatic nitrogens is 3. The summed E-state index contributed by atoms with van der Waals surface area (Å²) in [4.78, 5) is 15.8. The summed E-state index contributed by atoms with van der Waals surface area (Å²) in [6, 6.07) is 9.88. The molecule has 1 aromatic carbocycles. The van der Waals surface area contributed by atoms with Crippen LogP contribution in [-0.4, -0.2) is 52.1 Å². The number of amides is 1. The van der Waals surface area contributed by atoms with Gasteiger partial charge in [-0.1, -0.05) is 18.2 Å². The standard InChI is InChI=1S/C15H18N4O2/c1-21-10-9-18(12-7-8-12)15(20)14-11-16-19(17-14)13-5-3-2-4-6-13/h2-6,11-12H,7-10H2,1H3. The predicted molar refractivity (Wildman–Crippen MR) is 77.3 cm³/mol. The van der Waals surface area contributed by atoms with Crippen molar-refractivity contribution in [3.63, 3.8) is 0 Å². The maximum absolute atomic E-state index is 12.5. The number of para-hydroxylation sites is 1. The van der Waals surface area contributed by atoms with Crippen LogP contribution in [0, 0.1) is 0 Å². The summed E-state index contributed by atoms with van der Waals surface area (Å²) >= 11 is 0. The molecule has 1 heterocycles. The molecular formula is C15H18N4O2. The van der Waals surface area contributed by atoms with Crippen LogP contribution in [0.3, 0.4) is 0 Å². The summed E-state index contributed by atoms with van der Waals surface area (Å²) in [5.41, 5.74) is 1.22. The Labute approximate surface area is 123 Å². The Morgan fingerprint density at radius 1 is 1.38 bits per heavy atom. The number of benzene rings is 1. The molecule has 1 aliphatic rings. The monoisotopic (exact) mass is 286 g/mol. The SMILES string of the molecule is COCCN(C(=O)c1cnn(-c2ccccc2)n1)C1CC1. The molecule has 1 aliphatic carbocycles. The molecule has 21 heavy (non-hydrogen) atoms. The van der Waals surface area contributed by atoms with Gasteiger partial charge in [0.25, 0.3) is 5.91 Å². The molecule has 110 valence electrons. The van der Waals surface area contributed by atoms with Gasteiger partial charge in [-0.05, 0) is 25.0 Å². The number of ether oxygens (including phenoxy) is 1. The Hall–Kier alpha value is -2.21. The zero-order chi connectivity index (χ0) is 14.7. The molecule has 0 unspecified atom stereocenters. The molecule has 6 heteroatoms. The summed E-state index contributed by atoms with van der Waals surface area (Å²) in [6.07, 6.45) is 3.64. The van der Waals surface area contributed by atoms with Gasteiger partial charge in [0.1, 0.15) is 0 Å². The molecule has 0 N–H and O–H groups in total. The molecule has 0 saturated heterocycles. The van der Waals surface area contributed by atoms with Gasteiger partial charge in [-0.25, -0.2) is 0 Å². The summed E-state index contributed by atoms with van der Waals surface area (Å²) in [7, 11) is 1.64. The van der Waals surface area contributed by atoms with E-state index in [1.54, 1.807) is 7.11 Å². The molecule has 0 atom stereocenters. The molecule has 3 rings (SSSR count). The minimum Gasteiger partial charge on any atom is -0.383 e. The third-order valence-corrected chi connectivity index (χ3v) is 3.48. The van der Waals surface area contributed by atoms with Crippen molar-refractivity contribution >= 4 is 5.91 Å². The van der Waals surface area contributed by atoms with Gasteiger partial charge < -0.3 is 9.64 Å². The lowest BCUT2D eigenvalue weighted by Gasteiger charge is -2.20. The van der Waals surface area contributed by atoms with Crippen LogP contribution in [0.5, 0.6) is 0 Å². The van der Waals surface area contributed by atoms with Crippen molar-refractivity contribution in [2.24, 2.45) is 0 Å². The smallest absolute Gasteiger partial charge is 0.276 e. The first-order chi connectivity index (χ1) is 10.3. The zero-order valence-electron chi connectivity index (χ0n) is 12.0. The molecule has 1 aromatic heterocycles. The number of methoxy groups -OCH3 is 1. The second-order valence-corrected chi connectivity index (χ2v) is 5.08. The number of carbonyl (C=O) groups excluding carboxylic acids is 1. The van der Waals surface area contributed by atoms with Crippen molar-refractivity contribution in [2.75, 3.05) is 20.3 Å². The molecule has 6 nitrogen and oxygen atoms in total. The highest BCUT2D eigenvalue weighted by Crippen LogP contribution is 2.27. The van der Waals surface area contributed by atoms with Crippen molar-refractivity contribution in [3.05, 3.63) is 42.2 Å². The fourth-order valence-corrected chi connectivity index (χ4v) is 2.22. The highest BCUT2D eigenvalue weighted by atomic mass is 16.5. The fraction of sp³-hybridized carbons (Fsp3) is 0.400. The van der Waals surface area contributed by atoms with Crippen LogP contribution in [0.2, 0.25) is 0 Å². The molecule has 1 saturated carbocycles. The van der Waals surface area contributed by atoms with Crippen molar-refractivity contribution in [1.82, 2.24) is 19.9 Å². The Bertz CT molecular complexity index is 607. The van der Waals surface area contributed by atoms with Crippen LogP contribution in [0.15, 0.2) is 36.5 Å². The number of hydrogen-bond donors (Lipinski definition) is 0. The van der Waals surface area contributed by atoms with Gasteiger partial charge in [-0.3, -0.25) is 4.79 Å². The maximum Gasteiger partial charge on any atom is 0.276 e. The van der Waals surface area contributed by atoms with Crippen molar-refractivity contribution < 1.29 is 9.53 Å². The Morgan fingerprint density at radius 3 is 2.81 bits per heavy atom. The average molecular weight is 286 g/mol. The van der Waals surface area contributed by atoms with E-state index in [1.807, 2.05) is 35.2 Å². The van der Waals surface area contributed by atoms with E-state index in [0.717, 1.165) is 18.5 Å². The molecule has 1 amide bonds. The number of nitrogens with zero attached hydrogens (tertiary/aromatic N) is 4. The topological polar surface area (TPSA) is 60.2 Å². The van der Waals surface area contributed by atoms with Gasteiger partial charge in [0.2, 0.25) is 0 Å². The minimum absolute atomic E-state index is 0.0725. The van der Waals surface area contributed by atoms with Crippen LogP contribution in [0.25, 0.3) is 5.69 Å². The van der Waals surface area contributed by atoms with E-state index in [-0.39, 0.29) is 5.91 Å². The number of rotatable bonds is 6. The third-order valence-electron chi connectivity index (χ3n) is 3.48. The largest absolute Gasteiger partial charge is 0.383 e. The van der Waals surface area contributed by atoms with Gasteiger partial charge >= 0.3 is 0 Å². The van der Waals surface area contributed by atoms with E-state index in [4.69, 9.17) is 4.74 Å². The first-order valence-electron chi connectivity index (χ1n) is 7.07. The van der Waals surface area contributed by atoms with E-state index in [0.29, 0.717) is 24.9 Å². The van der Waals surface area contributed by atoms with Crippen molar-refractivity contribution in [3.8, 4) is 5.69 Å². The van der Waals surface area contributed by atoms with E-state index >= 15 is 0 Å². The van der Waals surface area contributed by atoms with E-state index in [9.17, 15) is 4.79 Å². The van der Waals surface area contributed by atoms with Gasteiger partial charge in [0.15, 0.2) is 5.69 Å². The lowest BCUT2D eigenvalue weighted by atomic mass is 10.3. The Balaban J connectivity index is 1.77. The quantitative estimate of drug-likeness (QED) is 0.808.